The van der Waals surface area contributed by atoms with Crippen LogP contribution in [0.25, 0.3) is 10.3 Å². The molecule has 0 bridgehead atoms. The van der Waals surface area contributed by atoms with E-state index in [-0.39, 0.29) is 11.5 Å². The molecular formula is C8H7N3O3S2. The zero-order valence-electron chi connectivity index (χ0n) is 7.89. The van der Waals surface area contributed by atoms with Crippen LogP contribution in [0.3, 0.4) is 0 Å². The zero-order chi connectivity index (χ0) is 11.7. The van der Waals surface area contributed by atoms with Crippen molar-refractivity contribution >= 4 is 39.4 Å². The Morgan fingerprint density at radius 3 is 3.12 bits per heavy atom. The van der Waals surface area contributed by atoms with Crippen LogP contribution in [0.4, 0.5) is 0 Å². The van der Waals surface area contributed by atoms with Crippen molar-refractivity contribution in [2.45, 2.75) is 4.34 Å². The lowest BCUT2D eigenvalue weighted by molar-refractivity contribution is -0.115. The molecule has 6 nitrogen and oxygen atoms in total. The van der Waals surface area contributed by atoms with Crippen molar-refractivity contribution in [3.8, 4) is 5.75 Å². The molecule has 2 aromatic rings. The third-order valence-corrected chi connectivity index (χ3v) is 3.93. The van der Waals surface area contributed by atoms with Gasteiger partial charge in [0.05, 0.1) is 5.75 Å². The Kier molecular flexibility index (Phi) is 2.84. The van der Waals surface area contributed by atoms with Gasteiger partial charge in [-0.1, -0.05) is 11.8 Å². The second-order valence-electron chi connectivity index (χ2n) is 2.93. The molecule has 0 aromatic carbocycles. The smallest absolute Gasteiger partial charge is 0.253 e. The molecule has 4 N–H and O–H groups in total. The van der Waals surface area contributed by atoms with Gasteiger partial charge in [0.2, 0.25) is 5.91 Å². The fourth-order valence-electron chi connectivity index (χ4n) is 1.10. The highest BCUT2D eigenvalue weighted by molar-refractivity contribution is 8.01. The van der Waals surface area contributed by atoms with Crippen LogP contribution < -0.4 is 11.3 Å². The van der Waals surface area contributed by atoms with Gasteiger partial charge in [0.25, 0.3) is 5.56 Å². The predicted octanol–water partition coefficient (Wildman–Crippen LogP) is 0.268. The molecule has 0 saturated heterocycles. The highest BCUT2D eigenvalue weighted by atomic mass is 32.2. The summed E-state index contributed by atoms with van der Waals surface area (Å²) in [6.07, 6.45) is 0. The Labute approximate surface area is 97.5 Å². The van der Waals surface area contributed by atoms with Gasteiger partial charge in [0.15, 0.2) is 9.99 Å². The molecule has 0 spiro atoms. The first-order valence-corrected chi connectivity index (χ1v) is 6.00. The van der Waals surface area contributed by atoms with E-state index in [9.17, 15) is 14.7 Å². The van der Waals surface area contributed by atoms with E-state index in [1.54, 1.807) is 0 Å². The molecule has 0 fully saturated rings. The quantitative estimate of drug-likeness (QED) is 0.684. The number of thioether (sulfide) groups is 1. The average molecular weight is 257 g/mol. The van der Waals surface area contributed by atoms with Crippen molar-refractivity contribution < 1.29 is 9.90 Å². The molecule has 0 aliphatic rings. The van der Waals surface area contributed by atoms with Crippen LogP contribution in [0.2, 0.25) is 0 Å². The minimum atomic E-state index is -0.443. The Hall–Kier alpha value is -1.54. The molecule has 0 aliphatic heterocycles. The van der Waals surface area contributed by atoms with Crippen LogP contribution in [0.1, 0.15) is 0 Å². The molecule has 0 atom stereocenters. The summed E-state index contributed by atoms with van der Waals surface area (Å²) in [5, 5.41) is 9.49. The molecular weight excluding hydrogens is 250 g/mol. The number of nitrogens with one attached hydrogen (secondary N) is 1. The largest absolute Gasteiger partial charge is 0.506 e. The van der Waals surface area contributed by atoms with Crippen LogP contribution in [-0.4, -0.2) is 26.7 Å². The molecule has 2 aromatic heterocycles. The maximum Gasteiger partial charge on any atom is 0.253 e. The van der Waals surface area contributed by atoms with E-state index in [0.717, 1.165) is 6.07 Å². The summed E-state index contributed by atoms with van der Waals surface area (Å²) in [4.78, 5) is 28.2. The van der Waals surface area contributed by atoms with E-state index in [0.29, 0.717) is 14.7 Å². The second-order valence-corrected chi connectivity index (χ2v) is 5.15. The summed E-state index contributed by atoms with van der Waals surface area (Å²) in [6.45, 7) is 0. The van der Waals surface area contributed by atoms with Crippen molar-refractivity contribution in [3.63, 3.8) is 0 Å². The van der Waals surface area contributed by atoms with Gasteiger partial charge in [0.1, 0.15) is 10.4 Å². The van der Waals surface area contributed by atoms with Gasteiger partial charge in [0, 0.05) is 6.07 Å². The minimum Gasteiger partial charge on any atom is -0.506 e. The Morgan fingerprint density at radius 1 is 1.69 bits per heavy atom. The van der Waals surface area contributed by atoms with E-state index < -0.39 is 11.5 Å². The number of nitrogens with two attached hydrogens (primary N) is 1. The zero-order valence-corrected chi connectivity index (χ0v) is 9.52. The molecule has 0 saturated carbocycles. The summed E-state index contributed by atoms with van der Waals surface area (Å²) >= 11 is 2.37. The van der Waals surface area contributed by atoms with Gasteiger partial charge in [-0.15, -0.1) is 11.3 Å². The molecule has 16 heavy (non-hydrogen) atoms. The number of carbonyl (C=O) groups excluding carboxylic acids is 1. The lowest BCUT2D eigenvalue weighted by Gasteiger charge is -1.89. The van der Waals surface area contributed by atoms with Crippen LogP contribution in [0, 0.1) is 0 Å². The van der Waals surface area contributed by atoms with Gasteiger partial charge in [-0.05, 0) is 0 Å². The van der Waals surface area contributed by atoms with Gasteiger partial charge in [-0.2, -0.15) is 0 Å². The summed E-state index contributed by atoms with van der Waals surface area (Å²) in [7, 11) is 0. The van der Waals surface area contributed by atoms with Crippen molar-refractivity contribution in [2.75, 3.05) is 5.75 Å². The number of hydrogen-bond acceptors (Lipinski definition) is 6. The second kappa shape index (κ2) is 4.14. The third kappa shape index (κ3) is 2.17. The van der Waals surface area contributed by atoms with Crippen LogP contribution >= 0.6 is 23.1 Å². The predicted molar refractivity (Wildman–Crippen MR) is 61.8 cm³/mol. The number of pyridine rings is 1. The number of rotatable bonds is 3. The molecule has 84 valence electrons. The SMILES string of the molecule is NC(=O)CSc1nc2[nH]c(=O)cc(O)c2s1. The van der Waals surface area contributed by atoms with Crippen LogP contribution in [0.15, 0.2) is 15.2 Å². The summed E-state index contributed by atoms with van der Waals surface area (Å²) in [6, 6.07) is 1.09. The van der Waals surface area contributed by atoms with E-state index in [2.05, 4.69) is 9.97 Å². The molecule has 8 heteroatoms. The van der Waals surface area contributed by atoms with Crippen molar-refractivity contribution in [2.24, 2.45) is 5.73 Å². The molecule has 0 aliphatic carbocycles. The number of nitrogens with zero attached hydrogens (tertiary/aromatic N) is 1. The topological polar surface area (TPSA) is 109 Å². The summed E-state index contributed by atoms with van der Waals surface area (Å²) in [5.74, 6) is -0.436. The first-order chi connectivity index (χ1) is 7.56. The van der Waals surface area contributed by atoms with Crippen molar-refractivity contribution in [1.29, 1.82) is 0 Å². The number of hydrogen-bond donors (Lipinski definition) is 3. The molecule has 2 heterocycles. The number of aromatic hydroxyl groups is 1. The monoisotopic (exact) mass is 257 g/mol. The number of aromatic amines is 1. The third-order valence-electron chi connectivity index (χ3n) is 1.69. The Morgan fingerprint density at radius 2 is 2.44 bits per heavy atom. The lowest BCUT2D eigenvalue weighted by Crippen LogP contribution is -2.12. The molecule has 2 rings (SSSR count). The number of carbonyl (C=O) groups is 1. The number of aromatic nitrogens is 2. The van der Waals surface area contributed by atoms with Crippen LogP contribution in [-0.2, 0) is 4.79 Å². The lowest BCUT2D eigenvalue weighted by atomic mass is 10.4. The number of amides is 1. The van der Waals surface area contributed by atoms with Crippen LogP contribution in [0.5, 0.6) is 5.75 Å². The Bertz CT molecular complexity index is 604. The first kappa shape index (κ1) is 11.0. The average Bonchev–Trinajstić information content (AvgIpc) is 2.57. The van der Waals surface area contributed by atoms with E-state index in [1.807, 2.05) is 0 Å². The maximum absolute atomic E-state index is 11.0. The number of fused-ring (bicyclic) bond motifs is 1. The number of H-pyrrole nitrogens is 1. The van der Waals surface area contributed by atoms with E-state index in [1.165, 1.54) is 23.1 Å². The van der Waals surface area contributed by atoms with Crippen molar-refractivity contribution in [3.05, 3.63) is 16.4 Å². The summed E-state index contributed by atoms with van der Waals surface area (Å²) in [5.41, 5.74) is 4.90. The molecule has 0 unspecified atom stereocenters. The molecule has 1 amide bonds. The highest BCUT2D eigenvalue weighted by Gasteiger charge is 2.10. The van der Waals surface area contributed by atoms with Crippen molar-refractivity contribution in [1.82, 2.24) is 9.97 Å². The van der Waals surface area contributed by atoms with E-state index in [4.69, 9.17) is 5.73 Å². The first-order valence-electron chi connectivity index (χ1n) is 4.20. The van der Waals surface area contributed by atoms with Gasteiger partial charge < -0.3 is 15.8 Å². The maximum atomic E-state index is 11.0. The minimum absolute atomic E-state index is 0.109. The summed E-state index contributed by atoms with van der Waals surface area (Å²) < 4.78 is 1.07. The number of thiazole rings is 1. The normalized spacial score (nSPS) is 10.8. The van der Waals surface area contributed by atoms with Gasteiger partial charge in [-0.25, -0.2) is 4.98 Å². The molecule has 0 radical (unpaired) electrons. The fourth-order valence-corrected chi connectivity index (χ4v) is 2.85. The van der Waals surface area contributed by atoms with Gasteiger partial charge >= 0.3 is 0 Å². The number of primary amides is 1. The standard InChI is InChI=1S/C8H7N3O3S2/c9-4(13)2-15-8-11-7-6(16-8)3(12)1-5(14)10-7/h1H,2H2,(H2,9,13)(H2,10,12,14). The van der Waals surface area contributed by atoms with E-state index >= 15 is 0 Å². The highest BCUT2D eigenvalue weighted by Crippen LogP contribution is 2.32. The van der Waals surface area contributed by atoms with Gasteiger partial charge in [-0.3, -0.25) is 9.59 Å². The Balaban J connectivity index is 2.40. The fraction of sp³-hybridized carbons (Fsp3) is 0.125.